The largest absolute Gasteiger partial charge is 0.502 e. The summed E-state index contributed by atoms with van der Waals surface area (Å²) in [5, 5.41) is 3.14. The summed E-state index contributed by atoms with van der Waals surface area (Å²) in [7, 11) is 0.695. The van der Waals surface area contributed by atoms with E-state index in [-0.39, 0.29) is 6.04 Å². The average Bonchev–Trinajstić information content (AvgIpc) is 2.47. The van der Waals surface area contributed by atoms with E-state index in [1.165, 1.54) is 5.56 Å². The Bertz CT molecular complexity index is 382. The van der Waals surface area contributed by atoms with Crippen molar-refractivity contribution in [3.8, 4) is 0 Å². The predicted octanol–water partition coefficient (Wildman–Crippen LogP) is 2.60. The minimum absolute atomic E-state index is 0.204. The molecule has 0 radical (unpaired) electrons. The Balaban J connectivity index is 2.51. The lowest BCUT2D eigenvalue weighted by atomic mass is 10.2. The number of hydrogen-bond acceptors (Lipinski definition) is 4. The first kappa shape index (κ1) is 16.9. The second-order valence-corrected chi connectivity index (χ2v) is 7.53. The third-order valence-corrected chi connectivity index (χ3v) is 6.14. The molecule has 0 aromatic heterocycles. The number of benzene rings is 1. The molecular formula is C15H25NO3Si. The van der Waals surface area contributed by atoms with Crippen molar-refractivity contribution in [2.24, 2.45) is 0 Å². The highest BCUT2D eigenvalue weighted by atomic mass is 28.4. The van der Waals surface area contributed by atoms with Gasteiger partial charge in [-0.05, 0) is 25.1 Å². The van der Waals surface area contributed by atoms with E-state index in [2.05, 4.69) is 31.0 Å². The monoisotopic (exact) mass is 295 g/mol. The van der Waals surface area contributed by atoms with Crippen molar-refractivity contribution < 1.29 is 13.3 Å². The fourth-order valence-electron chi connectivity index (χ4n) is 2.03. The Hall–Kier alpha value is -1.14. The Morgan fingerprint density at radius 1 is 1.25 bits per heavy atom. The first-order valence-corrected chi connectivity index (χ1v) is 8.74. The van der Waals surface area contributed by atoms with Crippen molar-refractivity contribution in [3.63, 3.8) is 0 Å². The average molecular weight is 295 g/mol. The molecule has 0 heterocycles. The Kier molecular flexibility index (Phi) is 7.54. The van der Waals surface area contributed by atoms with Crippen LogP contribution in [0.1, 0.15) is 12.5 Å². The first-order valence-electron chi connectivity index (χ1n) is 6.81. The molecule has 1 atom stereocenters. The van der Waals surface area contributed by atoms with Crippen molar-refractivity contribution in [3.05, 3.63) is 48.7 Å². The first-order chi connectivity index (χ1) is 9.65. The van der Waals surface area contributed by atoms with Crippen LogP contribution in [-0.4, -0.2) is 35.7 Å². The van der Waals surface area contributed by atoms with Gasteiger partial charge in [0, 0.05) is 32.9 Å². The second-order valence-electron chi connectivity index (χ2n) is 4.65. The Morgan fingerprint density at radius 3 is 2.45 bits per heavy atom. The van der Waals surface area contributed by atoms with Gasteiger partial charge in [-0.2, -0.15) is 0 Å². The lowest BCUT2D eigenvalue weighted by Crippen LogP contribution is -2.48. The van der Waals surface area contributed by atoms with Crippen molar-refractivity contribution in [1.82, 2.24) is 5.32 Å². The van der Waals surface area contributed by atoms with Crippen LogP contribution in [0.4, 0.5) is 0 Å². The van der Waals surface area contributed by atoms with Crippen LogP contribution in [0.25, 0.3) is 0 Å². The molecule has 5 heteroatoms. The molecule has 1 rings (SSSR count). The summed E-state index contributed by atoms with van der Waals surface area (Å²) in [4.78, 5) is 0. The standard InChI is InChI=1S/C15H25NO3Si/c1-5-16-14(2)13-20(17-3,18-4)19-12-11-15-9-7-6-8-10-15/h5-10,14,16H,1,11-13H2,2-4H3. The highest BCUT2D eigenvalue weighted by Crippen LogP contribution is 2.17. The van der Waals surface area contributed by atoms with E-state index in [0.717, 1.165) is 6.42 Å². The highest BCUT2D eigenvalue weighted by Gasteiger charge is 2.40. The Labute approximate surface area is 123 Å². The number of hydrogen-bond donors (Lipinski definition) is 1. The normalized spacial score (nSPS) is 12.9. The molecule has 112 valence electrons. The molecule has 0 amide bonds. The minimum Gasteiger partial charge on any atom is -0.389 e. The summed E-state index contributed by atoms with van der Waals surface area (Å²) in [6, 6.07) is 11.2. The van der Waals surface area contributed by atoms with Gasteiger partial charge in [-0.15, -0.1) is 0 Å². The zero-order chi connectivity index (χ0) is 14.8. The summed E-state index contributed by atoms with van der Waals surface area (Å²) in [6.07, 6.45) is 2.53. The topological polar surface area (TPSA) is 39.7 Å². The number of nitrogens with one attached hydrogen (secondary N) is 1. The van der Waals surface area contributed by atoms with Crippen LogP contribution in [0, 0.1) is 0 Å². The molecule has 0 bridgehead atoms. The summed E-state index contributed by atoms with van der Waals surface area (Å²) in [6.45, 7) is 6.32. The van der Waals surface area contributed by atoms with E-state index in [1.807, 2.05) is 18.2 Å². The Morgan fingerprint density at radius 2 is 1.90 bits per heavy atom. The zero-order valence-electron chi connectivity index (χ0n) is 12.6. The van der Waals surface area contributed by atoms with Crippen molar-refractivity contribution in [2.45, 2.75) is 25.4 Å². The van der Waals surface area contributed by atoms with Gasteiger partial charge in [-0.25, -0.2) is 0 Å². The maximum atomic E-state index is 5.97. The smallest absolute Gasteiger partial charge is 0.389 e. The van der Waals surface area contributed by atoms with Gasteiger partial charge in [0.25, 0.3) is 0 Å². The fourth-order valence-corrected chi connectivity index (χ4v) is 4.17. The van der Waals surface area contributed by atoms with Crippen LogP contribution in [0.5, 0.6) is 0 Å². The maximum Gasteiger partial charge on any atom is 0.502 e. The van der Waals surface area contributed by atoms with Gasteiger partial charge < -0.3 is 18.6 Å². The van der Waals surface area contributed by atoms with Crippen LogP contribution in [0.3, 0.4) is 0 Å². The van der Waals surface area contributed by atoms with E-state index < -0.39 is 8.80 Å². The van der Waals surface area contributed by atoms with Gasteiger partial charge in [0.2, 0.25) is 0 Å². The van der Waals surface area contributed by atoms with Gasteiger partial charge >= 0.3 is 8.80 Å². The summed E-state index contributed by atoms with van der Waals surface area (Å²) in [5.74, 6) is 0. The zero-order valence-corrected chi connectivity index (χ0v) is 13.6. The van der Waals surface area contributed by atoms with Gasteiger partial charge in [0.15, 0.2) is 0 Å². The number of rotatable bonds is 10. The summed E-state index contributed by atoms with van der Waals surface area (Å²) in [5.41, 5.74) is 1.25. The summed E-state index contributed by atoms with van der Waals surface area (Å²) >= 11 is 0. The van der Waals surface area contributed by atoms with E-state index in [4.69, 9.17) is 13.3 Å². The van der Waals surface area contributed by atoms with Crippen LogP contribution >= 0.6 is 0 Å². The third kappa shape index (κ3) is 5.46. The summed E-state index contributed by atoms with van der Waals surface area (Å²) < 4.78 is 17.1. The van der Waals surface area contributed by atoms with E-state index in [1.54, 1.807) is 20.4 Å². The van der Waals surface area contributed by atoms with E-state index in [0.29, 0.717) is 12.7 Å². The van der Waals surface area contributed by atoms with E-state index >= 15 is 0 Å². The second kappa shape index (κ2) is 8.92. The van der Waals surface area contributed by atoms with Crippen molar-refractivity contribution in [1.29, 1.82) is 0 Å². The van der Waals surface area contributed by atoms with E-state index in [9.17, 15) is 0 Å². The molecule has 1 aromatic rings. The quantitative estimate of drug-likeness (QED) is 0.674. The lowest BCUT2D eigenvalue weighted by molar-refractivity contribution is 0.0972. The van der Waals surface area contributed by atoms with Crippen molar-refractivity contribution >= 4 is 8.80 Å². The third-order valence-electron chi connectivity index (χ3n) is 3.14. The van der Waals surface area contributed by atoms with Gasteiger partial charge in [0.05, 0.1) is 0 Å². The fraction of sp³-hybridized carbons (Fsp3) is 0.467. The molecule has 1 unspecified atom stereocenters. The molecule has 0 aliphatic rings. The molecule has 0 saturated carbocycles. The van der Waals surface area contributed by atoms with Gasteiger partial charge in [-0.1, -0.05) is 36.9 Å². The minimum atomic E-state index is -2.61. The van der Waals surface area contributed by atoms with Crippen molar-refractivity contribution in [2.75, 3.05) is 20.8 Å². The molecule has 4 nitrogen and oxygen atoms in total. The SMILES string of the molecule is C=CNC(C)C[Si](OC)(OC)OCCc1ccccc1. The van der Waals surface area contributed by atoms with Gasteiger partial charge in [0.1, 0.15) is 0 Å². The lowest BCUT2D eigenvalue weighted by Gasteiger charge is -2.29. The van der Waals surface area contributed by atoms with Gasteiger partial charge in [-0.3, -0.25) is 0 Å². The molecule has 0 spiro atoms. The van der Waals surface area contributed by atoms with Crippen LogP contribution < -0.4 is 5.32 Å². The molecule has 0 aliphatic heterocycles. The molecule has 20 heavy (non-hydrogen) atoms. The maximum absolute atomic E-state index is 5.97. The molecule has 1 aromatic carbocycles. The van der Waals surface area contributed by atoms with Crippen LogP contribution in [-0.2, 0) is 19.7 Å². The molecule has 0 aliphatic carbocycles. The van der Waals surface area contributed by atoms with Crippen LogP contribution in [0.15, 0.2) is 43.1 Å². The highest BCUT2D eigenvalue weighted by molar-refractivity contribution is 6.60. The van der Waals surface area contributed by atoms with Crippen LogP contribution in [0.2, 0.25) is 6.04 Å². The predicted molar refractivity (Wildman–Crippen MR) is 83.5 cm³/mol. The molecule has 0 fully saturated rings. The molecule has 0 saturated heterocycles. The molecule has 1 N–H and O–H groups in total. The molecular weight excluding hydrogens is 270 g/mol.